The third-order valence-electron chi connectivity index (χ3n) is 4.40. The van der Waals surface area contributed by atoms with Crippen LogP contribution in [-0.4, -0.2) is 30.8 Å². The average molecular weight is 471 g/mol. The first-order chi connectivity index (χ1) is 15.4. The topological polar surface area (TPSA) is 78.4 Å². The molecule has 0 aromatic heterocycles. The molecule has 3 N–H and O–H groups in total. The van der Waals surface area contributed by atoms with Crippen molar-refractivity contribution in [3.63, 3.8) is 0 Å². The Balaban J connectivity index is 0. The third-order valence-corrected chi connectivity index (χ3v) is 4.85. The fourth-order valence-electron chi connectivity index (χ4n) is 2.76. The molecule has 0 aliphatic heterocycles. The summed E-state index contributed by atoms with van der Waals surface area (Å²) in [5, 5.41) is 15.8. The summed E-state index contributed by atoms with van der Waals surface area (Å²) in [5.41, 5.74) is 1.63. The molecule has 2 aromatic carbocycles. The Morgan fingerprint density at radius 3 is 2.00 bits per heavy atom. The largest absolute Gasteiger partial charge is 0.396 e. The second kappa shape index (κ2) is 17.2. The van der Waals surface area contributed by atoms with Crippen LogP contribution in [0.1, 0.15) is 52.5 Å². The predicted octanol–water partition coefficient (Wildman–Crippen LogP) is 5.53. The quantitative estimate of drug-likeness (QED) is 0.484. The molecule has 0 heterocycles. The number of carbonyl (C=O) groups excluding carboxylic acids is 2. The van der Waals surface area contributed by atoms with Gasteiger partial charge in [-0.1, -0.05) is 33.8 Å². The zero-order chi connectivity index (χ0) is 25.3. The Morgan fingerprint density at radius 2 is 1.53 bits per heavy atom. The van der Waals surface area contributed by atoms with Crippen LogP contribution in [-0.2, 0) is 9.59 Å². The molecule has 0 amide bonds. The summed E-state index contributed by atoms with van der Waals surface area (Å²) in [7, 11) is 2.34. The Morgan fingerprint density at radius 1 is 1.00 bits per heavy atom. The third kappa shape index (κ3) is 9.41. The van der Waals surface area contributed by atoms with Crippen molar-refractivity contribution in [1.29, 1.82) is 0 Å². The van der Waals surface area contributed by atoms with E-state index in [1.807, 2.05) is 41.3 Å². The number of aliphatic hydroxyl groups excluding tert-OH is 1. The van der Waals surface area contributed by atoms with Gasteiger partial charge < -0.3 is 25.3 Å². The zero-order valence-corrected chi connectivity index (χ0v) is 20.9. The van der Waals surface area contributed by atoms with Crippen LogP contribution in [0.3, 0.4) is 0 Å². The number of hydrogen-bond donors (Lipinski definition) is 3. The number of rotatable bonds is 6. The predicted molar refractivity (Wildman–Crippen MR) is 134 cm³/mol. The van der Waals surface area contributed by atoms with Crippen molar-refractivity contribution in [2.45, 2.75) is 59.4 Å². The van der Waals surface area contributed by atoms with Crippen molar-refractivity contribution in [3.05, 3.63) is 47.5 Å². The number of anilines is 3. The molecular formula is C24H37F2N2O3P. The van der Waals surface area contributed by atoms with Gasteiger partial charge in [-0.25, -0.2) is 8.78 Å². The van der Waals surface area contributed by atoms with Crippen molar-refractivity contribution >= 4 is 45.2 Å². The molecule has 180 valence electrons. The molecule has 1 atom stereocenters. The highest BCUT2D eigenvalue weighted by Gasteiger charge is 2.42. The van der Waals surface area contributed by atoms with Gasteiger partial charge in [0.05, 0.1) is 17.1 Å². The summed E-state index contributed by atoms with van der Waals surface area (Å²) in [6, 6.07) is 8.22. The van der Waals surface area contributed by atoms with E-state index in [2.05, 4.69) is 19.9 Å². The van der Waals surface area contributed by atoms with Crippen LogP contribution in [0, 0.1) is 18.6 Å². The molecule has 3 rings (SSSR count). The number of carbonyl (C=O) groups is 2. The van der Waals surface area contributed by atoms with Crippen LogP contribution < -0.4 is 15.9 Å². The Labute approximate surface area is 193 Å². The minimum Gasteiger partial charge on any atom is -0.396 e. The average Bonchev–Trinajstić information content (AvgIpc) is 3.59. The van der Waals surface area contributed by atoms with Crippen LogP contribution in [0.5, 0.6) is 0 Å². The monoisotopic (exact) mass is 470 g/mol. The zero-order valence-electron chi connectivity index (χ0n) is 19.7. The SMILES string of the molecule is C=O.C=O.CC.CC.Cc1ccc(Nc2c(NC3(CCO)CC3)ccc(P)c2F)c(F)c1. The van der Waals surface area contributed by atoms with Gasteiger partial charge in [-0.05, 0) is 56.0 Å². The van der Waals surface area contributed by atoms with E-state index in [9.17, 15) is 13.9 Å². The van der Waals surface area contributed by atoms with Gasteiger partial charge in [0.1, 0.15) is 19.4 Å². The van der Waals surface area contributed by atoms with Crippen molar-refractivity contribution in [3.8, 4) is 0 Å². The lowest BCUT2D eigenvalue weighted by atomic mass is 10.1. The number of aliphatic hydroxyl groups is 1. The molecule has 0 spiro atoms. The Hall–Kier alpha value is -2.37. The van der Waals surface area contributed by atoms with E-state index >= 15 is 0 Å². The smallest absolute Gasteiger partial charge is 0.155 e. The summed E-state index contributed by atoms with van der Waals surface area (Å²) in [5.74, 6) is -0.865. The summed E-state index contributed by atoms with van der Waals surface area (Å²) in [4.78, 5) is 16.0. The van der Waals surface area contributed by atoms with Crippen LogP contribution in [0.15, 0.2) is 30.3 Å². The van der Waals surface area contributed by atoms with Crippen LogP contribution in [0.25, 0.3) is 0 Å². The number of nitrogens with one attached hydrogen (secondary N) is 2. The molecule has 5 nitrogen and oxygen atoms in total. The van der Waals surface area contributed by atoms with Gasteiger partial charge in [0.2, 0.25) is 0 Å². The lowest BCUT2D eigenvalue weighted by molar-refractivity contribution is -0.0987. The summed E-state index contributed by atoms with van der Waals surface area (Å²) >= 11 is 0. The summed E-state index contributed by atoms with van der Waals surface area (Å²) in [6.45, 7) is 13.9. The second-order valence-electron chi connectivity index (χ2n) is 6.38. The van der Waals surface area contributed by atoms with Crippen molar-refractivity contribution in [1.82, 2.24) is 0 Å². The van der Waals surface area contributed by atoms with Gasteiger partial charge in [0.15, 0.2) is 5.82 Å². The van der Waals surface area contributed by atoms with Gasteiger partial charge in [-0.2, -0.15) is 0 Å². The van der Waals surface area contributed by atoms with E-state index in [4.69, 9.17) is 9.59 Å². The van der Waals surface area contributed by atoms with Gasteiger partial charge >= 0.3 is 0 Å². The van der Waals surface area contributed by atoms with E-state index in [1.165, 1.54) is 6.07 Å². The first kappa shape index (κ1) is 31.8. The van der Waals surface area contributed by atoms with E-state index in [-0.39, 0.29) is 23.5 Å². The van der Waals surface area contributed by atoms with E-state index in [1.54, 1.807) is 31.2 Å². The summed E-state index contributed by atoms with van der Waals surface area (Å²) < 4.78 is 28.8. The first-order valence-corrected chi connectivity index (χ1v) is 11.1. The van der Waals surface area contributed by atoms with Crippen molar-refractivity contribution in [2.24, 2.45) is 0 Å². The maximum atomic E-state index is 14.6. The van der Waals surface area contributed by atoms with Crippen LogP contribution >= 0.6 is 9.24 Å². The van der Waals surface area contributed by atoms with Gasteiger partial charge in [0.25, 0.3) is 0 Å². The van der Waals surface area contributed by atoms with E-state index < -0.39 is 11.6 Å². The molecule has 1 fully saturated rings. The molecule has 1 saturated carbocycles. The number of benzene rings is 2. The lowest BCUT2D eigenvalue weighted by Gasteiger charge is -2.22. The fourth-order valence-corrected chi connectivity index (χ4v) is 3.00. The highest BCUT2D eigenvalue weighted by molar-refractivity contribution is 7.27. The maximum Gasteiger partial charge on any atom is 0.155 e. The minimum atomic E-state index is -0.440. The Bertz CT molecular complexity index is 801. The van der Waals surface area contributed by atoms with Gasteiger partial charge in [-0.15, -0.1) is 9.24 Å². The molecule has 0 bridgehead atoms. The molecule has 0 saturated heterocycles. The molecule has 1 aliphatic carbocycles. The molecular weight excluding hydrogens is 433 g/mol. The van der Waals surface area contributed by atoms with E-state index in [0.717, 1.165) is 18.4 Å². The highest BCUT2D eigenvalue weighted by Crippen LogP contribution is 2.44. The van der Waals surface area contributed by atoms with Crippen LogP contribution in [0.4, 0.5) is 25.8 Å². The fraction of sp³-hybridized carbons (Fsp3) is 0.417. The molecule has 2 aromatic rings. The maximum absolute atomic E-state index is 14.6. The molecule has 1 unspecified atom stereocenters. The number of hydrogen-bond acceptors (Lipinski definition) is 5. The molecule has 1 aliphatic rings. The molecule has 32 heavy (non-hydrogen) atoms. The van der Waals surface area contributed by atoms with Gasteiger partial charge in [-0.3, -0.25) is 0 Å². The van der Waals surface area contributed by atoms with Crippen molar-refractivity contribution < 1.29 is 23.5 Å². The number of halogens is 2. The van der Waals surface area contributed by atoms with Crippen LogP contribution in [0.2, 0.25) is 0 Å². The standard InChI is InChI=1S/C18H21F2N2OP.2C2H6.2CH2O/c1-11-2-3-13(12(19)10-11)21-17-14(4-5-15(24)16(17)20)22-18(6-7-18)8-9-23;4*1-2/h2-5,10,21-23H,6-9,24H2,1H3;2*1-2H3;2*1H2. The molecule has 0 radical (unpaired) electrons. The lowest BCUT2D eigenvalue weighted by Crippen LogP contribution is -2.24. The molecule has 8 heteroatoms. The first-order valence-electron chi connectivity index (χ1n) is 10.5. The Kier molecular flexibility index (Phi) is 17.1. The second-order valence-corrected chi connectivity index (χ2v) is 7.00. The van der Waals surface area contributed by atoms with Crippen molar-refractivity contribution in [2.75, 3.05) is 17.2 Å². The van der Waals surface area contributed by atoms with E-state index in [0.29, 0.717) is 17.4 Å². The minimum absolute atomic E-state index is 0.0759. The van der Waals surface area contributed by atoms with Gasteiger partial charge in [0, 0.05) is 17.5 Å². The summed E-state index contributed by atoms with van der Waals surface area (Å²) in [6.07, 6.45) is 2.46. The number of aryl methyl sites for hydroxylation is 1. The normalized spacial score (nSPS) is 12.0. The highest BCUT2D eigenvalue weighted by atomic mass is 31.0.